The topological polar surface area (TPSA) is 26.1 Å². The minimum Gasteiger partial charge on any atom is -0.266 e. The van der Waals surface area contributed by atoms with E-state index in [-0.39, 0.29) is 0 Å². The van der Waals surface area contributed by atoms with E-state index in [4.69, 9.17) is 0 Å². The number of aryl methyl sites for hydroxylation is 2. The lowest BCUT2D eigenvalue weighted by atomic mass is 10.2. The van der Waals surface area contributed by atoms with Gasteiger partial charge in [-0.15, -0.1) is 0 Å². The van der Waals surface area contributed by atoms with Gasteiger partial charge in [0.25, 0.3) is 5.82 Å². The van der Waals surface area contributed by atoms with Gasteiger partial charge < -0.3 is 0 Å². The minimum atomic E-state index is 0.955. The van der Waals surface area contributed by atoms with Crippen LogP contribution in [0.3, 0.4) is 0 Å². The molecule has 3 aromatic heterocycles. The Bertz CT molecular complexity index is 975. The van der Waals surface area contributed by atoms with E-state index in [0.29, 0.717) is 0 Å². The molecule has 4 aromatic rings. The highest BCUT2D eigenvalue weighted by atomic mass is 15.3. The van der Waals surface area contributed by atoms with Gasteiger partial charge >= 0.3 is 5.78 Å². The molecule has 21 heavy (non-hydrogen) atoms. The Labute approximate surface area is 122 Å². The van der Waals surface area contributed by atoms with Gasteiger partial charge in [0, 0.05) is 23.8 Å². The molecule has 4 rings (SSSR count). The highest BCUT2D eigenvalue weighted by Gasteiger charge is 2.22. The number of benzene rings is 1. The molecule has 0 aliphatic heterocycles. The van der Waals surface area contributed by atoms with Crippen LogP contribution in [0.2, 0.25) is 0 Å². The van der Waals surface area contributed by atoms with Crippen molar-refractivity contribution in [2.75, 3.05) is 0 Å². The molecule has 1 aromatic carbocycles. The highest BCUT2D eigenvalue weighted by molar-refractivity contribution is 5.82. The first kappa shape index (κ1) is 12.1. The zero-order valence-electron chi connectivity index (χ0n) is 12.4. The van der Waals surface area contributed by atoms with Gasteiger partial charge in [-0.25, -0.2) is 4.57 Å². The zero-order chi connectivity index (χ0) is 14.6. The van der Waals surface area contributed by atoms with Crippen molar-refractivity contribution in [2.45, 2.75) is 13.8 Å². The number of rotatable bonds is 1. The van der Waals surface area contributed by atoms with Gasteiger partial charge in [-0.1, -0.05) is 24.3 Å². The van der Waals surface area contributed by atoms with Crippen molar-refractivity contribution in [1.82, 2.24) is 14.0 Å². The van der Waals surface area contributed by atoms with Crippen LogP contribution in [-0.4, -0.2) is 14.0 Å². The van der Waals surface area contributed by atoms with Gasteiger partial charge in [0.1, 0.15) is 5.69 Å². The van der Waals surface area contributed by atoms with Crippen molar-refractivity contribution in [1.29, 1.82) is 0 Å². The van der Waals surface area contributed by atoms with Crippen molar-refractivity contribution in [3.63, 3.8) is 0 Å². The second kappa shape index (κ2) is 4.19. The van der Waals surface area contributed by atoms with Crippen molar-refractivity contribution in [3.8, 4) is 5.82 Å². The van der Waals surface area contributed by atoms with Crippen LogP contribution >= 0.6 is 0 Å². The largest absolute Gasteiger partial charge is 0.311 e. The van der Waals surface area contributed by atoms with Crippen molar-refractivity contribution >= 4 is 16.6 Å². The summed E-state index contributed by atoms with van der Waals surface area (Å²) in [6.07, 6.45) is 6.02. The molecule has 0 radical (unpaired) electrons. The maximum atomic E-state index is 4.51. The molecule has 4 nitrogen and oxygen atoms in total. The van der Waals surface area contributed by atoms with Crippen molar-refractivity contribution in [3.05, 3.63) is 60.3 Å². The van der Waals surface area contributed by atoms with Crippen molar-refractivity contribution < 1.29 is 4.57 Å². The van der Waals surface area contributed by atoms with Gasteiger partial charge in [0.15, 0.2) is 0 Å². The number of nitrogens with zero attached hydrogens (tertiary/aromatic N) is 4. The van der Waals surface area contributed by atoms with Crippen LogP contribution in [-0.2, 0) is 7.05 Å². The maximum Gasteiger partial charge on any atom is 0.311 e. The van der Waals surface area contributed by atoms with Gasteiger partial charge in [0.05, 0.1) is 18.9 Å². The van der Waals surface area contributed by atoms with Crippen molar-refractivity contribution in [2.24, 2.45) is 7.05 Å². The Morgan fingerprint density at radius 2 is 1.81 bits per heavy atom. The Kier molecular flexibility index (Phi) is 2.42. The van der Waals surface area contributed by atoms with E-state index < -0.39 is 0 Å². The van der Waals surface area contributed by atoms with Gasteiger partial charge in [0.2, 0.25) is 0 Å². The third-order valence-corrected chi connectivity index (χ3v) is 4.25. The van der Waals surface area contributed by atoms with Crippen LogP contribution in [0.4, 0.5) is 0 Å². The molecule has 0 amide bonds. The summed E-state index contributed by atoms with van der Waals surface area (Å²) >= 11 is 0. The molecule has 0 aliphatic carbocycles. The standard InChI is InChI=1S/C17H17N4/c1-12-13(2)21(17-18-8-9-20(12)17)16-10-14-6-4-5-7-15(14)11-19(16)3/h4-11H,1-3H3/q+1. The first-order valence-corrected chi connectivity index (χ1v) is 7.06. The molecular formula is C17H17N4+. The maximum absolute atomic E-state index is 4.51. The Morgan fingerprint density at radius 3 is 2.62 bits per heavy atom. The number of imidazole rings is 2. The predicted molar refractivity (Wildman–Crippen MR) is 82.7 cm³/mol. The lowest BCUT2D eigenvalue weighted by Gasteiger charge is -2.05. The first-order valence-electron chi connectivity index (χ1n) is 7.06. The average Bonchev–Trinajstić information content (AvgIpc) is 3.03. The third kappa shape index (κ3) is 1.62. The Balaban J connectivity index is 2.11. The molecule has 0 unspecified atom stereocenters. The molecule has 0 bridgehead atoms. The molecule has 0 atom stereocenters. The molecule has 0 spiro atoms. The van der Waals surface area contributed by atoms with E-state index in [9.17, 15) is 0 Å². The molecule has 0 aliphatic rings. The number of fused-ring (bicyclic) bond motifs is 2. The van der Waals surface area contributed by atoms with E-state index in [1.165, 1.54) is 22.2 Å². The monoisotopic (exact) mass is 277 g/mol. The summed E-state index contributed by atoms with van der Waals surface area (Å²) in [5, 5.41) is 2.48. The number of pyridine rings is 1. The molecule has 0 saturated heterocycles. The second-order valence-electron chi connectivity index (χ2n) is 5.47. The molecular weight excluding hydrogens is 260 g/mol. The van der Waals surface area contributed by atoms with Crippen LogP contribution in [0.5, 0.6) is 0 Å². The molecule has 0 fully saturated rings. The average molecular weight is 277 g/mol. The van der Waals surface area contributed by atoms with E-state index in [1.54, 1.807) is 0 Å². The van der Waals surface area contributed by atoms with E-state index >= 15 is 0 Å². The zero-order valence-corrected chi connectivity index (χ0v) is 12.4. The fraction of sp³-hybridized carbons (Fsp3) is 0.176. The Morgan fingerprint density at radius 1 is 1.05 bits per heavy atom. The smallest absolute Gasteiger partial charge is 0.266 e. The third-order valence-electron chi connectivity index (χ3n) is 4.25. The highest BCUT2D eigenvalue weighted by Crippen LogP contribution is 2.21. The Hall–Kier alpha value is -2.62. The van der Waals surface area contributed by atoms with Crippen LogP contribution < -0.4 is 4.57 Å². The van der Waals surface area contributed by atoms with Crippen LogP contribution in [0.15, 0.2) is 48.9 Å². The number of aromatic nitrogens is 4. The van der Waals surface area contributed by atoms with Gasteiger partial charge in [-0.2, -0.15) is 9.55 Å². The van der Waals surface area contributed by atoms with E-state index in [0.717, 1.165) is 11.6 Å². The summed E-state index contributed by atoms with van der Waals surface area (Å²) in [7, 11) is 2.08. The molecule has 0 saturated carbocycles. The fourth-order valence-electron chi connectivity index (χ4n) is 2.98. The quantitative estimate of drug-likeness (QED) is 0.491. The molecule has 3 heterocycles. The summed E-state index contributed by atoms with van der Waals surface area (Å²) in [5.74, 6) is 2.08. The predicted octanol–water partition coefficient (Wildman–Crippen LogP) is 2.72. The summed E-state index contributed by atoms with van der Waals surface area (Å²) in [4.78, 5) is 4.51. The van der Waals surface area contributed by atoms with Gasteiger partial charge in [-0.05, 0) is 19.2 Å². The van der Waals surface area contributed by atoms with Gasteiger partial charge in [-0.3, -0.25) is 4.40 Å². The van der Waals surface area contributed by atoms with Crippen LogP contribution in [0.25, 0.3) is 22.4 Å². The van der Waals surface area contributed by atoms with E-state index in [1.807, 2.05) is 12.4 Å². The minimum absolute atomic E-state index is 0.955. The molecule has 0 N–H and O–H groups in total. The fourth-order valence-corrected chi connectivity index (χ4v) is 2.98. The first-order chi connectivity index (χ1) is 10.2. The van der Waals surface area contributed by atoms with E-state index in [2.05, 4.69) is 75.9 Å². The summed E-state index contributed by atoms with van der Waals surface area (Å²) < 4.78 is 6.50. The van der Waals surface area contributed by atoms with Crippen LogP contribution in [0, 0.1) is 13.8 Å². The molecule has 4 heteroatoms. The number of hydrogen-bond donors (Lipinski definition) is 0. The molecule has 104 valence electrons. The lowest BCUT2D eigenvalue weighted by molar-refractivity contribution is -0.664. The number of hydrogen-bond acceptors (Lipinski definition) is 1. The summed E-state index contributed by atoms with van der Waals surface area (Å²) in [5.41, 5.74) is 2.43. The van der Waals surface area contributed by atoms with Crippen LogP contribution in [0.1, 0.15) is 11.4 Å². The normalized spacial score (nSPS) is 11.6. The second-order valence-corrected chi connectivity index (χ2v) is 5.47. The lowest BCUT2D eigenvalue weighted by Crippen LogP contribution is -2.33. The SMILES string of the molecule is Cc1c(C)n2ccnc2n1-c1cc2ccccc2c[n+]1C. The summed E-state index contributed by atoms with van der Waals surface area (Å²) in [6.45, 7) is 4.26. The summed E-state index contributed by atoms with van der Waals surface area (Å²) in [6, 6.07) is 10.6.